The lowest BCUT2D eigenvalue weighted by Gasteiger charge is -2.23. The van der Waals surface area contributed by atoms with Crippen LogP contribution < -0.4 is 10.0 Å². The molecule has 0 aliphatic heterocycles. The number of alkyl halides is 3. The minimum Gasteiger partial charge on any atom is -0.475 e. The molecule has 4 rings (SSSR count). The number of rotatable bonds is 7. The topological polar surface area (TPSA) is 113 Å². The number of benzene rings is 2. The van der Waals surface area contributed by atoms with Crippen LogP contribution in [0.15, 0.2) is 47.4 Å². The molecule has 1 amide bonds. The van der Waals surface area contributed by atoms with E-state index in [1.807, 2.05) is 0 Å². The van der Waals surface area contributed by atoms with E-state index in [0.717, 1.165) is 43.1 Å². The highest BCUT2D eigenvalue weighted by Gasteiger charge is 2.51. The number of carbonyl (C=O) groups excluding carboxylic acids is 1. The number of nitrogens with one attached hydrogen (secondary N) is 2. The highest BCUT2D eigenvalue weighted by molar-refractivity contribution is 7.92. The maximum absolute atomic E-state index is 13.3. The summed E-state index contributed by atoms with van der Waals surface area (Å²) in [4.78, 5) is 21.6. The van der Waals surface area contributed by atoms with Crippen molar-refractivity contribution in [2.75, 3.05) is 11.3 Å². The average Bonchev–Trinajstić information content (AvgIpc) is 3.67. The standard InChI is InChI=1S/C23H26ClFN2O3S.C2HF3O2/c24-20-14-19(10-11-21(20)25)31(29,30)27-18-8-6-17(7-9-18)23(12-13-23)22(28)26-15-16-4-2-1-3-5-16;3-2(4,5)1(6)7/h6-11,14,16,27H,1-5,12-13,15H2,(H,26,28);(H,6,7). The molecule has 0 spiro atoms. The molecule has 13 heteroatoms. The summed E-state index contributed by atoms with van der Waals surface area (Å²) in [6.07, 6.45) is 2.65. The summed E-state index contributed by atoms with van der Waals surface area (Å²) in [5.41, 5.74) is 0.750. The van der Waals surface area contributed by atoms with Crippen LogP contribution in [0.5, 0.6) is 0 Å². The van der Waals surface area contributed by atoms with E-state index in [0.29, 0.717) is 11.6 Å². The van der Waals surface area contributed by atoms with Crippen molar-refractivity contribution in [3.63, 3.8) is 0 Å². The van der Waals surface area contributed by atoms with E-state index < -0.39 is 33.4 Å². The van der Waals surface area contributed by atoms with Crippen LogP contribution in [-0.4, -0.2) is 38.1 Å². The highest BCUT2D eigenvalue weighted by Crippen LogP contribution is 2.48. The fraction of sp³-hybridized carbons (Fsp3) is 0.440. The van der Waals surface area contributed by atoms with Crippen molar-refractivity contribution in [2.24, 2.45) is 5.92 Å². The van der Waals surface area contributed by atoms with Gasteiger partial charge in [-0.05, 0) is 67.5 Å². The number of carboxylic acids is 1. The summed E-state index contributed by atoms with van der Waals surface area (Å²) in [6.45, 7) is 0.735. The van der Waals surface area contributed by atoms with Crippen LogP contribution >= 0.6 is 11.6 Å². The molecule has 0 atom stereocenters. The summed E-state index contributed by atoms with van der Waals surface area (Å²) >= 11 is 5.70. The van der Waals surface area contributed by atoms with Gasteiger partial charge in [-0.2, -0.15) is 13.2 Å². The van der Waals surface area contributed by atoms with Gasteiger partial charge in [0.15, 0.2) is 0 Å². The number of carboxylic acid groups (broad SMARTS) is 1. The molecule has 2 saturated carbocycles. The van der Waals surface area contributed by atoms with Crippen LogP contribution in [-0.2, 0) is 25.0 Å². The summed E-state index contributed by atoms with van der Waals surface area (Å²) < 4.78 is 72.6. The number of hydrogen-bond acceptors (Lipinski definition) is 4. The van der Waals surface area contributed by atoms with E-state index in [1.54, 1.807) is 24.3 Å². The van der Waals surface area contributed by atoms with Gasteiger partial charge in [-0.3, -0.25) is 9.52 Å². The fourth-order valence-electron chi connectivity index (χ4n) is 4.28. The molecule has 2 aliphatic rings. The molecule has 2 aromatic carbocycles. The zero-order chi connectivity index (χ0) is 28.1. The number of amides is 1. The van der Waals surface area contributed by atoms with Gasteiger partial charge in [0.2, 0.25) is 5.91 Å². The predicted molar refractivity (Wildman–Crippen MR) is 133 cm³/mol. The number of halogens is 5. The van der Waals surface area contributed by atoms with Crippen LogP contribution in [0.1, 0.15) is 50.5 Å². The Morgan fingerprint density at radius 2 is 1.61 bits per heavy atom. The molecule has 0 heterocycles. The minimum atomic E-state index is -5.08. The van der Waals surface area contributed by atoms with Gasteiger partial charge in [0.1, 0.15) is 5.82 Å². The molecule has 2 aromatic rings. The number of aliphatic carboxylic acids is 1. The van der Waals surface area contributed by atoms with Crippen molar-refractivity contribution in [2.45, 2.75) is 61.4 Å². The SMILES string of the molecule is O=C(NCC1CCCCC1)C1(c2ccc(NS(=O)(=O)c3ccc(F)c(Cl)c3)cc2)CC1.O=C(O)C(F)(F)F. The van der Waals surface area contributed by atoms with Crippen LogP contribution in [0.4, 0.5) is 23.2 Å². The van der Waals surface area contributed by atoms with E-state index in [-0.39, 0.29) is 15.8 Å². The third kappa shape index (κ3) is 7.59. The largest absolute Gasteiger partial charge is 0.490 e. The molecular weight excluding hydrogens is 552 g/mol. The maximum Gasteiger partial charge on any atom is 0.490 e. The first kappa shape index (κ1) is 29.7. The molecule has 0 unspecified atom stereocenters. The molecule has 7 nitrogen and oxygen atoms in total. The first-order valence-corrected chi connectivity index (χ1v) is 13.8. The molecule has 0 saturated heterocycles. The van der Waals surface area contributed by atoms with Crippen molar-refractivity contribution in [3.8, 4) is 0 Å². The number of hydrogen-bond donors (Lipinski definition) is 3. The van der Waals surface area contributed by atoms with Crippen molar-refractivity contribution in [1.82, 2.24) is 5.32 Å². The molecule has 0 aromatic heterocycles. The highest BCUT2D eigenvalue weighted by atomic mass is 35.5. The van der Waals surface area contributed by atoms with Gasteiger partial charge in [-0.1, -0.05) is 43.0 Å². The normalized spacial score (nSPS) is 17.1. The average molecular weight is 579 g/mol. The Labute approximate surface area is 222 Å². The van der Waals surface area contributed by atoms with Crippen molar-refractivity contribution in [1.29, 1.82) is 0 Å². The second-order valence-electron chi connectivity index (χ2n) is 9.36. The van der Waals surface area contributed by atoms with E-state index in [9.17, 15) is 30.8 Å². The zero-order valence-electron chi connectivity index (χ0n) is 20.2. The summed E-state index contributed by atoms with van der Waals surface area (Å²) in [5, 5.41) is 10.0. The number of carbonyl (C=O) groups is 2. The van der Waals surface area contributed by atoms with Crippen LogP contribution in [0.3, 0.4) is 0 Å². The molecular formula is C25H27ClF4N2O5S. The Kier molecular flexibility index (Phi) is 9.30. The number of sulfonamides is 1. The third-order valence-corrected chi connectivity index (χ3v) is 8.26. The van der Waals surface area contributed by atoms with E-state index in [1.165, 1.54) is 32.1 Å². The Morgan fingerprint density at radius 3 is 2.11 bits per heavy atom. The lowest BCUT2D eigenvalue weighted by atomic mass is 9.88. The lowest BCUT2D eigenvalue weighted by molar-refractivity contribution is -0.192. The second kappa shape index (κ2) is 11.9. The second-order valence-corrected chi connectivity index (χ2v) is 11.4. The van der Waals surface area contributed by atoms with Crippen LogP contribution in [0.25, 0.3) is 0 Å². The molecule has 0 bridgehead atoms. The van der Waals surface area contributed by atoms with Gasteiger partial charge < -0.3 is 10.4 Å². The molecule has 3 N–H and O–H groups in total. The Morgan fingerprint density at radius 1 is 1.03 bits per heavy atom. The van der Waals surface area contributed by atoms with Gasteiger partial charge in [-0.25, -0.2) is 17.6 Å². The van der Waals surface area contributed by atoms with Crippen molar-refractivity contribution >= 4 is 39.2 Å². The smallest absolute Gasteiger partial charge is 0.475 e. The van der Waals surface area contributed by atoms with Crippen LogP contribution in [0.2, 0.25) is 5.02 Å². The molecule has 38 heavy (non-hydrogen) atoms. The number of anilines is 1. The summed E-state index contributed by atoms with van der Waals surface area (Å²) in [5.74, 6) is -2.80. The quantitative estimate of drug-likeness (QED) is 0.368. The molecule has 2 fully saturated rings. The van der Waals surface area contributed by atoms with Gasteiger partial charge in [0.25, 0.3) is 10.0 Å². The Bertz CT molecular complexity index is 1260. The maximum atomic E-state index is 13.3. The monoisotopic (exact) mass is 578 g/mol. The van der Waals surface area contributed by atoms with Gasteiger partial charge in [0.05, 0.1) is 15.3 Å². The minimum absolute atomic E-state index is 0.0624. The predicted octanol–water partition coefficient (Wildman–Crippen LogP) is 5.64. The zero-order valence-corrected chi connectivity index (χ0v) is 21.7. The summed E-state index contributed by atoms with van der Waals surface area (Å²) in [7, 11) is -3.90. The fourth-order valence-corrected chi connectivity index (χ4v) is 5.61. The van der Waals surface area contributed by atoms with Gasteiger partial charge in [-0.15, -0.1) is 0 Å². The van der Waals surface area contributed by atoms with E-state index >= 15 is 0 Å². The van der Waals surface area contributed by atoms with Crippen molar-refractivity contribution in [3.05, 3.63) is 58.9 Å². The van der Waals surface area contributed by atoms with Crippen LogP contribution in [0, 0.1) is 11.7 Å². The molecule has 0 radical (unpaired) electrons. The Hall–Kier alpha value is -2.86. The first-order chi connectivity index (χ1) is 17.7. The first-order valence-electron chi connectivity index (χ1n) is 11.9. The lowest BCUT2D eigenvalue weighted by Crippen LogP contribution is -2.38. The van der Waals surface area contributed by atoms with Gasteiger partial charge >= 0.3 is 12.1 Å². The Balaban J connectivity index is 0.000000505. The van der Waals surface area contributed by atoms with Gasteiger partial charge in [0, 0.05) is 12.2 Å². The van der Waals surface area contributed by atoms with E-state index in [2.05, 4.69) is 10.0 Å². The molecule has 2 aliphatic carbocycles. The third-order valence-electron chi connectivity index (χ3n) is 6.59. The van der Waals surface area contributed by atoms with E-state index in [4.69, 9.17) is 21.5 Å². The van der Waals surface area contributed by atoms with Crippen molar-refractivity contribution < 1.29 is 40.7 Å². The summed E-state index contributed by atoms with van der Waals surface area (Å²) in [6, 6.07) is 10.1. The molecule has 208 valence electrons.